The molecule has 1 saturated carbocycles. The summed E-state index contributed by atoms with van der Waals surface area (Å²) >= 11 is 0. The van der Waals surface area contributed by atoms with Crippen molar-refractivity contribution >= 4 is 5.69 Å². The van der Waals surface area contributed by atoms with Gasteiger partial charge < -0.3 is 15.0 Å². The van der Waals surface area contributed by atoms with Crippen LogP contribution in [0.1, 0.15) is 26.7 Å². The molecule has 3 nitrogen and oxygen atoms in total. The lowest BCUT2D eigenvalue weighted by Gasteiger charge is -2.44. The molecule has 0 radical (unpaired) electrons. The van der Waals surface area contributed by atoms with E-state index >= 15 is 0 Å². The molecule has 1 saturated heterocycles. The molecule has 3 heteroatoms. The molecular formula is C17H26N2O. The lowest BCUT2D eigenvalue weighted by atomic mass is 9.96. The van der Waals surface area contributed by atoms with Crippen LogP contribution in [-0.2, 0) is 0 Å². The van der Waals surface area contributed by atoms with Gasteiger partial charge in [-0.25, -0.2) is 0 Å². The fourth-order valence-corrected chi connectivity index (χ4v) is 3.27. The molecule has 0 aromatic heterocycles. The molecule has 2 unspecified atom stereocenters. The van der Waals surface area contributed by atoms with Crippen molar-refractivity contribution in [2.45, 2.75) is 38.8 Å². The number of piperazine rings is 1. The first-order valence-corrected chi connectivity index (χ1v) is 7.83. The zero-order valence-electron chi connectivity index (χ0n) is 12.8. The predicted octanol–water partition coefficient (Wildman–Crippen LogP) is 2.91. The Labute approximate surface area is 122 Å². The van der Waals surface area contributed by atoms with Gasteiger partial charge in [-0.2, -0.15) is 0 Å². The SMILES string of the molecule is COc1ccc(N2CC(C3CC3)NCC2C(C)C)cc1. The Morgan fingerprint density at radius 2 is 1.90 bits per heavy atom. The normalized spacial score (nSPS) is 26.9. The van der Waals surface area contributed by atoms with Crippen LogP contribution in [-0.4, -0.2) is 32.3 Å². The van der Waals surface area contributed by atoms with Crippen LogP contribution in [0.3, 0.4) is 0 Å². The zero-order chi connectivity index (χ0) is 14.1. The van der Waals surface area contributed by atoms with Gasteiger partial charge in [-0.3, -0.25) is 0 Å². The molecule has 0 bridgehead atoms. The summed E-state index contributed by atoms with van der Waals surface area (Å²) in [5, 5.41) is 3.77. The van der Waals surface area contributed by atoms with Crippen molar-refractivity contribution in [3.05, 3.63) is 24.3 Å². The van der Waals surface area contributed by atoms with Gasteiger partial charge in [0.1, 0.15) is 5.75 Å². The Hall–Kier alpha value is -1.22. The first-order valence-electron chi connectivity index (χ1n) is 7.83. The number of nitrogens with one attached hydrogen (secondary N) is 1. The van der Waals surface area contributed by atoms with E-state index in [-0.39, 0.29) is 0 Å². The molecule has 2 fully saturated rings. The highest BCUT2D eigenvalue weighted by Crippen LogP contribution is 2.36. The summed E-state index contributed by atoms with van der Waals surface area (Å²) in [6.45, 7) is 6.88. The number of hydrogen-bond donors (Lipinski definition) is 1. The van der Waals surface area contributed by atoms with Crippen molar-refractivity contribution < 1.29 is 4.74 Å². The number of anilines is 1. The minimum absolute atomic E-state index is 0.582. The number of rotatable bonds is 4. The van der Waals surface area contributed by atoms with E-state index in [1.165, 1.54) is 18.5 Å². The first-order chi connectivity index (χ1) is 9.69. The van der Waals surface area contributed by atoms with Crippen LogP contribution in [0.15, 0.2) is 24.3 Å². The molecule has 1 aliphatic heterocycles. The summed E-state index contributed by atoms with van der Waals surface area (Å²) in [6.07, 6.45) is 2.81. The Kier molecular flexibility index (Phi) is 3.88. The van der Waals surface area contributed by atoms with Crippen molar-refractivity contribution in [3.8, 4) is 5.75 Å². The first kappa shape index (κ1) is 13.7. The second-order valence-corrected chi connectivity index (χ2v) is 6.51. The van der Waals surface area contributed by atoms with Gasteiger partial charge in [0.2, 0.25) is 0 Å². The monoisotopic (exact) mass is 274 g/mol. The largest absolute Gasteiger partial charge is 0.497 e. The zero-order valence-corrected chi connectivity index (χ0v) is 12.8. The topological polar surface area (TPSA) is 24.5 Å². The molecule has 20 heavy (non-hydrogen) atoms. The highest BCUT2D eigenvalue weighted by Gasteiger charge is 2.38. The van der Waals surface area contributed by atoms with Crippen molar-refractivity contribution in [2.24, 2.45) is 11.8 Å². The number of ether oxygens (including phenoxy) is 1. The molecule has 3 rings (SSSR count). The van der Waals surface area contributed by atoms with Crippen LogP contribution < -0.4 is 15.0 Å². The predicted molar refractivity (Wildman–Crippen MR) is 83.5 cm³/mol. The van der Waals surface area contributed by atoms with Gasteiger partial charge in [-0.15, -0.1) is 0 Å². The van der Waals surface area contributed by atoms with Gasteiger partial charge in [0.25, 0.3) is 0 Å². The molecule has 1 heterocycles. The fraction of sp³-hybridized carbons (Fsp3) is 0.647. The van der Waals surface area contributed by atoms with E-state index in [2.05, 4.69) is 48.3 Å². The molecule has 0 amide bonds. The van der Waals surface area contributed by atoms with E-state index in [1.54, 1.807) is 7.11 Å². The van der Waals surface area contributed by atoms with Crippen LogP contribution in [0.25, 0.3) is 0 Å². The van der Waals surface area contributed by atoms with Crippen molar-refractivity contribution in [1.82, 2.24) is 5.32 Å². The maximum atomic E-state index is 5.27. The summed E-state index contributed by atoms with van der Waals surface area (Å²) in [5.74, 6) is 2.50. The molecule has 2 atom stereocenters. The Bertz CT molecular complexity index is 439. The molecular weight excluding hydrogens is 248 g/mol. The second kappa shape index (κ2) is 5.65. The maximum Gasteiger partial charge on any atom is 0.119 e. The lowest BCUT2D eigenvalue weighted by Crippen LogP contribution is -2.59. The third-order valence-electron chi connectivity index (χ3n) is 4.75. The van der Waals surface area contributed by atoms with Gasteiger partial charge in [-0.05, 0) is 48.9 Å². The van der Waals surface area contributed by atoms with E-state index in [4.69, 9.17) is 4.74 Å². The maximum absolute atomic E-state index is 5.27. The second-order valence-electron chi connectivity index (χ2n) is 6.51. The van der Waals surface area contributed by atoms with E-state index in [0.29, 0.717) is 18.0 Å². The number of nitrogens with zero attached hydrogens (tertiary/aromatic N) is 1. The molecule has 1 aliphatic carbocycles. The van der Waals surface area contributed by atoms with E-state index < -0.39 is 0 Å². The molecule has 2 aliphatic rings. The van der Waals surface area contributed by atoms with Crippen LogP contribution in [0.5, 0.6) is 5.75 Å². The highest BCUT2D eigenvalue weighted by atomic mass is 16.5. The lowest BCUT2D eigenvalue weighted by molar-refractivity contribution is 0.320. The number of hydrogen-bond acceptors (Lipinski definition) is 3. The van der Waals surface area contributed by atoms with Gasteiger partial charge in [0.05, 0.1) is 7.11 Å². The molecule has 0 spiro atoms. The van der Waals surface area contributed by atoms with E-state index in [9.17, 15) is 0 Å². The van der Waals surface area contributed by atoms with Gasteiger partial charge in [0, 0.05) is 30.9 Å². The van der Waals surface area contributed by atoms with Gasteiger partial charge >= 0.3 is 0 Å². The van der Waals surface area contributed by atoms with Gasteiger partial charge in [0.15, 0.2) is 0 Å². The van der Waals surface area contributed by atoms with Crippen molar-refractivity contribution in [3.63, 3.8) is 0 Å². The Balaban J connectivity index is 1.79. The average molecular weight is 274 g/mol. The number of methoxy groups -OCH3 is 1. The van der Waals surface area contributed by atoms with Crippen molar-refractivity contribution in [1.29, 1.82) is 0 Å². The summed E-state index contributed by atoms with van der Waals surface area (Å²) < 4.78 is 5.27. The van der Waals surface area contributed by atoms with Gasteiger partial charge in [-0.1, -0.05) is 13.8 Å². The quantitative estimate of drug-likeness (QED) is 0.913. The standard InChI is InChI=1S/C17H26N2O/c1-12(2)17-10-18-16(13-4-5-13)11-19(17)14-6-8-15(20-3)9-7-14/h6-9,12-13,16-18H,4-5,10-11H2,1-3H3. The molecule has 1 N–H and O–H groups in total. The Morgan fingerprint density at radius 1 is 1.20 bits per heavy atom. The minimum atomic E-state index is 0.582. The average Bonchev–Trinajstić information content (AvgIpc) is 3.31. The van der Waals surface area contributed by atoms with E-state index in [1.807, 2.05) is 0 Å². The van der Waals surface area contributed by atoms with Crippen molar-refractivity contribution in [2.75, 3.05) is 25.1 Å². The highest BCUT2D eigenvalue weighted by molar-refractivity contribution is 5.51. The summed E-state index contributed by atoms with van der Waals surface area (Å²) in [6, 6.07) is 9.79. The molecule has 1 aromatic rings. The van der Waals surface area contributed by atoms with Crippen LogP contribution >= 0.6 is 0 Å². The summed E-state index contributed by atoms with van der Waals surface area (Å²) in [4.78, 5) is 2.60. The molecule has 110 valence electrons. The van der Waals surface area contributed by atoms with Crippen LogP contribution in [0, 0.1) is 11.8 Å². The smallest absolute Gasteiger partial charge is 0.119 e. The van der Waals surface area contributed by atoms with E-state index in [0.717, 1.165) is 24.8 Å². The third kappa shape index (κ3) is 2.78. The fourth-order valence-electron chi connectivity index (χ4n) is 3.27. The number of benzene rings is 1. The van der Waals surface area contributed by atoms with Crippen LogP contribution in [0.2, 0.25) is 0 Å². The summed E-state index contributed by atoms with van der Waals surface area (Å²) in [5.41, 5.74) is 1.33. The van der Waals surface area contributed by atoms with Crippen LogP contribution in [0.4, 0.5) is 5.69 Å². The summed E-state index contributed by atoms with van der Waals surface area (Å²) in [7, 11) is 1.72. The third-order valence-corrected chi connectivity index (χ3v) is 4.75. The Morgan fingerprint density at radius 3 is 2.45 bits per heavy atom. The minimum Gasteiger partial charge on any atom is -0.497 e. The molecule has 1 aromatic carbocycles.